The van der Waals surface area contributed by atoms with Gasteiger partial charge >= 0.3 is 0 Å². The molecular weight excluding hydrogens is 248 g/mol. The molecule has 98 valence electrons. The molecule has 1 fully saturated rings. The molecule has 2 rings (SSSR count). The maximum atomic E-state index is 8.81. The van der Waals surface area contributed by atoms with E-state index in [1.807, 2.05) is 6.07 Å². The molecule has 1 aliphatic rings. The van der Waals surface area contributed by atoms with Gasteiger partial charge in [0.05, 0.1) is 23.9 Å². The number of hydrogen-bond donors (Lipinski definition) is 2. The van der Waals surface area contributed by atoms with E-state index in [0.717, 1.165) is 50.8 Å². The monoisotopic (exact) mass is 266 g/mol. The minimum Gasteiger partial charge on any atom is -0.397 e. The second kappa shape index (κ2) is 6.59. The van der Waals surface area contributed by atoms with Gasteiger partial charge in [-0.3, -0.25) is 4.90 Å². The molecule has 0 saturated carbocycles. The van der Waals surface area contributed by atoms with E-state index in [2.05, 4.69) is 16.3 Å². The minimum atomic E-state index is 0.568. The molecule has 0 aromatic carbocycles. The Morgan fingerprint density at radius 3 is 2.94 bits per heavy atom. The second-order valence-corrected chi connectivity index (χ2v) is 5.29. The number of thiophene rings is 1. The van der Waals surface area contributed by atoms with Crippen molar-refractivity contribution in [3.05, 3.63) is 10.9 Å². The molecule has 1 aromatic rings. The Hall–Kier alpha value is -1.29. The zero-order chi connectivity index (χ0) is 12.8. The number of nitrogens with zero attached hydrogens (tertiary/aromatic N) is 2. The van der Waals surface area contributed by atoms with Gasteiger partial charge in [0.1, 0.15) is 10.9 Å². The minimum absolute atomic E-state index is 0.568. The maximum Gasteiger partial charge on any atom is 0.129 e. The molecule has 1 aromatic heterocycles. The lowest BCUT2D eigenvalue weighted by molar-refractivity contribution is 0.0378. The van der Waals surface area contributed by atoms with Gasteiger partial charge < -0.3 is 15.8 Å². The van der Waals surface area contributed by atoms with Gasteiger partial charge in [-0.15, -0.1) is 11.3 Å². The van der Waals surface area contributed by atoms with Crippen LogP contribution in [0.25, 0.3) is 0 Å². The summed E-state index contributed by atoms with van der Waals surface area (Å²) in [5.41, 5.74) is 6.27. The van der Waals surface area contributed by atoms with E-state index < -0.39 is 0 Å². The van der Waals surface area contributed by atoms with Gasteiger partial charge in [-0.1, -0.05) is 0 Å². The topological polar surface area (TPSA) is 74.3 Å². The van der Waals surface area contributed by atoms with Gasteiger partial charge in [0.2, 0.25) is 0 Å². The average Bonchev–Trinajstić information content (AvgIpc) is 2.76. The fraction of sp³-hybridized carbons (Fsp3) is 0.583. The Balaban J connectivity index is 1.67. The first-order valence-corrected chi connectivity index (χ1v) is 6.94. The fourth-order valence-electron chi connectivity index (χ4n) is 1.92. The molecule has 5 nitrogen and oxygen atoms in total. The van der Waals surface area contributed by atoms with Crippen molar-refractivity contribution in [2.75, 3.05) is 50.4 Å². The smallest absolute Gasteiger partial charge is 0.129 e. The Labute approximate surface area is 111 Å². The first-order valence-electron chi connectivity index (χ1n) is 6.13. The van der Waals surface area contributed by atoms with Crippen LogP contribution in [0.3, 0.4) is 0 Å². The number of ether oxygens (including phenoxy) is 1. The van der Waals surface area contributed by atoms with Crippen molar-refractivity contribution in [1.29, 1.82) is 5.26 Å². The summed E-state index contributed by atoms with van der Waals surface area (Å²) < 4.78 is 5.30. The van der Waals surface area contributed by atoms with Crippen molar-refractivity contribution in [3.8, 4) is 6.07 Å². The van der Waals surface area contributed by atoms with Crippen LogP contribution in [0.1, 0.15) is 11.3 Å². The zero-order valence-electron chi connectivity index (χ0n) is 10.3. The van der Waals surface area contributed by atoms with Gasteiger partial charge in [-0.2, -0.15) is 5.26 Å². The molecule has 1 saturated heterocycles. The quantitative estimate of drug-likeness (QED) is 0.787. The molecular formula is C12H18N4OS. The molecule has 0 amide bonds. The highest BCUT2D eigenvalue weighted by atomic mass is 32.1. The van der Waals surface area contributed by atoms with E-state index >= 15 is 0 Å². The van der Waals surface area contributed by atoms with E-state index in [0.29, 0.717) is 10.6 Å². The van der Waals surface area contributed by atoms with E-state index in [1.165, 1.54) is 11.3 Å². The third-order valence-corrected chi connectivity index (χ3v) is 3.93. The molecule has 2 heterocycles. The Kier molecular flexibility index (Phi) is 4.81. The average molecular weight is 266 g/mol. The standard InChI is InChI=1S/C12H18N4OS/c13-9-11-10(14)8-12(18-11)15-2-1-3-16-4-6-17-7-5-16/h8,15H,1-7,14H2. The number of nitrogens with two attached hydrogens (primary N) is 1. The van der Waals surface area contributed by atoms with E-state index in [4.69, 9.17) is 15.7 Å². The first kappa shape index (κ1) is 13.1. The molecule has 0 bridgehead atoms. The van der Waals surface area contributed by atoms with Gasteiger partial charge in [-0.05, 0) is 19.0 Å². The van der Waals surface area contributed by atoms with E-state index in [-0.39, 0.29) is 0 Å². The van der Waals surface area contributed by atoms with E-state index in [9.17, 15) is 0 Å². The van der Waals surface area contributed by atoms with Crippen LogP contribution in [0.15, 0.2) is 6.07 Å². The Morgan fingerprint density at radius 2 is 2.28 bits per heavy atom. The molecule has 0 unspecified atom stereocenters. The number of nitrogen functional groups attached to an aromatic ring is 1. The molecule has 0 radical (unpaired) electrons. The van der Waals surface area contributed by atoms with Crippen molar-refractivity contribution in [3.63, 3.8) is 0 Å². The van der Waals surface area contributed by atoms with Crippen LogP contribution >= 0.6 is 11.3 Å². The van der Waals surface area contributed by atoms with Crippen LogP contribution in [0, 0.1) is 11.3 Å². The molecule has 0 atom stereocenters. The number of anilines is 2. The van der Waals surface area contributed by atoms with Crippen molar-refractivity contribution < 1.29 is 4.74 Å². The Bertz CT molecular complexity index is 420. The van der Waals surface area contributed by atoms with Crippen LogP contribution in [0.2, 0.25) is 0 Å². The lowest BCUT2D eigenvalue weighted by Crippen LogP contribution is -2.37. The number of morpholine rings is 1. The summed E-state index contributed by atoms with van der Waals surface area (Å²) in [6, 6.07) is 3.92. The van der Waals surface area contributed by atoms with Crippen molar-refractivity contribution in [2.45, 2.75) is 6.42 Å². The summed E-state index contributed by atoms with van der Waals surface area (Å²) in [5.74, 6) is 0. The van der Waals surface area contributed by atoms with Crippen LogP contribution in [0.4, 0.5) is 10.7 Å². The van der Waals surface area contributed by atoms with Gasteiger partial charge in [0.15, 0.2) is 0 Å². The number of rotatable bonds is 5. The second-order valence-electron chi connectivity index (χ2n) is 4.24. The first-order chi connectivity index (χ1) is 8.79. The van der Waals surface area contributed by atoms with Crippen molar-refractivity contribution >= 4 is 22.0 Å². The van der Waals surface area contributed by atoms with Crippen molar-refractivity contribution in [2.24, 2.45) is 0 Å². The van der Waals surface area contributed by atoms with Gasteiger partial charge in [0, 0.05) is 19.6 Å². The SMILES string of the molecule is N#Cc1sc(NCCCN2CCOCC2)cc1N. The summed E-state index contributed by atoms with van der Waals surface area (Å²) in [6.07, 6.45) is 1.08. The molecule has 0 aliphatic carbocycles. The van der Waals surface area contributed by atoms with Crippen LogP contribution in [-0.2, 0) is 4.74 Å². The molecule has 3 N–H and O–H groups in total. The predicted octanol–water partition coefficient (Wildman–Crippen LogP) is 1.34. The van der Waals surface area contributed by atoms with Crippen LogP contribution < -0.4 is 11.1 Å². The number of hydrogen-bond acceptors (Lipinski definition) is 6. The molecule has 6 heteroatoms. The zero-order valence-corrected chi connectivity index (χ0v) is 11.1. The summed E-state index contributed by atoms with van der Waals surface area (Å²) in [4.78, 5) is 3.00. The lowest BCUT2D eigenvalue weighted by Gasteiger charge is -2.26. The van der Waals surface area contributed by atoms with Crippen LogP contribution in [-0.4, -0.2) is 44.3 Å². The van der Waals surface area contributed by atoms with E-state index in [1.54, 1.807) is 0 Å². The van der Waals surface area contributed by atoms with Crippen molar-refractivity contribution in [1.82, 2.24) is 4.90 Å². The normalized spacial score (nSPS) is 16.4. The number of nitrogens with one attached hydrogen (secondary N) is 1. The third-order valence-electron chi connectivity index (χ3n) is 2.92. The maximum absolute atomic E-state index is 8.81. The highest BCUT2D eigenvalue weighted by Gasteiger charge is 2.09. The fourth-order valence-corrected chi connectivity index (χ4v) is 2.72. The summed E-state index contributed by atoms with van der Waals surface area (Å²) in [5, 5.41) is 13.1. The summed E-state index contributed by atoms with van der Waals surface area (Å²) in [6.45, 7) is 5.75. The summed E-state index contributed by atoms with van der Waals surface area (Å²) in [7, 11) is 0. The number of nitriles is 1. The Morgan fingerprint density at radius 1 is 1.50 bits per heavy atom. The third kappa shape index (κ3) is 3.60. The molecule has 0 spiro atoms. The van der Waals surface area contributed by atoms with Gasteiger partial charge in [0.25, 0.3) is 0 Å². The molecule has 1 aliphatic heterocycles. The largest absolute Gasteiger partial charge is 0.397 e. The summed E-state index contributed by atoms with van der Waals surface area (Å²) >= 11 is 1.41. The van der Waals surface area contributed by atoms with Gasteiger partial charge in [-0.25, -0.2) is 0 Å². The lowest BCUT2D eigenvalue weighted by atomic mass is 10.3. The molecule has 18 heavy (non-hydrogen) atoms. The highest BCUT2D eigenvalue weighted by molar-refractivity contribution is 7.17. The highest BCUT2D eigenvalue weighted by Crippen LogP contribution is 2.27. The predicted molar refractivity (Wildman–Crippen MR) is 73.8 cm³/mol. The van der Waals surface area contributed by atoms with Crippen LogP contribution in [0.5, 0.6) is 0 Å².